The molecule has 16 nitrogen and oxygen atoms in total. The smallest absolute Gasteiger partial charge is 0.342 e. The molecule has 0 aromatic heterocycles. The van der Waals surface area contributed by atoms with Crippen LogP contribution in [0.2, 0.25) is 0 Å². The molecule has 0 aliphatic heterocycles. The minimum Gasteiger partial charge on any atom is -0.490 e. The molecule has 0 fully saturated rings. The third kappa shape index (κ3) is 28.5. The summed E-state index contributed by atoms with van der Waals surface area (Å²) < 4.78 is 81.7. The Morgan fingerprint density at radius 1 is 0.412 bits per heavy atom. The van der Waals surface area contributed by atoms with Crippen molar-refractivity contribution in [2.24, 2.45) is 0 Å². The molecule has 1 rings (SSSR count). The summed E-state index contributed by atoms with van der Waals surface area (Å²) in [7, 11) is 4.87. The van der Waals surface area contributed by atoms with Gasteiger partial charge in [0.2, 0.25) is 0 Å². The van der Waals surface area contributed by atoms with Crippen LogP contribution in [0.5, 0.6) is 11.5 Å². The number of rotatable bonds is 39. The van der Waals surface area contributed by atoms with Crippen LogP contribution in [0.25, 0.3) is 0 Å². The van der Waals surface area contributed by atoms with Crippen molar-refractivity contribution in [1.29, 1.82) is 0 Å². The van der Waals surface area contributed by atoms with Crippen LogP contribution in [0.1, 0.15) is 10.4 Å². The number of benzene rings is 1. The first-order valence-corrected chi connectivity index (χ1v) is 17.9. The van der Waals surface area contributed by atoms with E-state index in [0.717, 1.165) is 0 Å². The second kappa shape index (κ2) is 36.6. The molecule has 0 unspecified atom stereocenters. The number of hydrogen-bond donors (Lipinski definition) is 0. The van der Waals surface area contributed by atoms with Gasteiger partial charge in [0.25, 0.3) is 0 Å². The summed E-state index contributed by atoms with van der Waals surface area (Å²) in [5, 5.41) is 0. The molecule has 298 valence electrons. The molecule has 0 heterocycles. The number of hydrogen-bond acceptors (Lipinski definition) is 16. The zero-order chi connectivity index (χ0) is 36.9. The topological polar surface area (TPSA) is 156 Å². The summed E-state index contributed by atoms with van der Waals surface area (Å²) >= 11 is 3.51. The third-order valence-corrected chi connectivity index (χ3v) is 6.83. The lowest BCUT2D eigenvalue weighted by Crippen LogP contribution is -2.17. The predicted octanol–water partition coefficient (Wildman–Crippen LogP) is 2.45. The first kappa shape index (κ1) is 47.3. The van der Waals surface area contributed by atoms with E-state index in [1.165, 1.54) is 0 Å². The average Bonchev–Trinajstić information content (AvgIpc) is 3.13. The Labute approximate surface area is 310 Å². The number of carbonyl (C=O) groups is 1. The van der Waals surface area contributed by atoms with Crippen molar-refractivity contribution in [2.45, 2.75) is 0 Å². The van der Waals surface area contributed by atoms with Gasteiger partial charge in [0.1, 0.15) is 36.9 Å². The Morgan fingerprint density at radius 3 is 1.06 bits per heavy atom. The summed E-state index contributed by atoms with van der Waals surface area (Å²) in [5.74, 6) is 0.160. The summed E-state index contributed by atoms with van der Waals surface area (Å²) in [5.41, 5.74) is 0.198. The fourth-order valence-electron chi connectivity index (χ4n) is 3.67. The average molecular weight is 804 g/mol. The van der Waals surface area contributed by atoms with Gasteiger partial charge in [-0.05, 0) is 28.1 Å². The highest BCUT2D eigenvalue weighted by Crippen LogP contribution is 2.33. The van der Waals surface area contributed by atoms with Gasteiger partial charge in [-0.1, -0.05) is 0 Å². The van der Waals surface area contributed by atoms with Gasteiger partial charge in [-0.25, -0.2) is 4.79 Å². The molecule has 0 aliphatic carbocycles. The molecule has 17 heteroatoms. The Kier molecular flexibility index (Phi) is 34.0. The van der Waals surface area contributed by atoms with Gasteiger partial charge in [0.05, 0.1) is 143 Å². The molecule has 1 aromatic carbocycles. The summed E-state index contributed by atoms with van der Waals surface area (Å²) in [6, 6.07) is 3.23. The molecule has 51 heavy (non-hydrogen) atoms. The van der Waals surface area contributed by atoms with E-state index in [0.29, 0.717) is 142 Å². The molecular weight excluding hydrogens is 744 g/mol. The first-order chi connectivity index (χ1) is 25.1. The molecule has 0 amide bonds. The van der Waals surface area contributed by atoms with Crippen molar-refractivity contribution in [3.63, 3.8) is 0 Å². The molecule has 0 bridgehead atoms. The fraction of sp³-hybridized carbons (Fsp3) is 0.794. The first-order valence-electron chi connectivity index (χ1n) is 17.1. The maximum absolute atomic E-state index is 13.1. The monoisotopic (exact) mass is 802 g/mol. The van der Waals surface area contributed by atoms with Crippen molar-refractivity contribution >= 4 is 21.9 Å². The molecule has 0 aliphatic rings. The molecule has 0 radical (unpaired) electrons. The zero-order valence-electron chi connectivity index (χ0n) is 30.5. The zero-order valence-corrected chi connectivity index (χ0v) is 32.1. The van der Waals surface area contributed by atoms with E-state index in [1.54, 1.807) is 33.5 Å². The molecular formula is C34H59BrO16. The van der Waals surface area contributed by atoms with Gasteiger partial charge in [0.15, 0.2) is 0 Å². The predicted molar refractivity (Wildman–Crippen MR) is 188 cm³/mol. The van der Waals surface area contributed by atoms with E-state index >= 15 is 0 Å². The van der Waals surface area contributed by atoms with E-state index in [4.69, 9.17) is 71.1 Å². The summed E-state index contributed by atoms with van der Waals surface area (Å²) in [6.07, 6.45) is 0. The molecule has 0 saturated carbocycles. The van der Waals surface area contributed by atoms with Gasteiger partial charge < -0.3 is 71.1 Å². The minimum atomic E-state index is -0.586. The highest BCUT2D eigenvalue weighted by molar-refractivity contribution is 9.10. The normalized spacial score (nSPS) is 11.3. The largest absolute Gasteiger partial charge is 0.490 e. The maximum atomic E-state index is 13.1. The highest BCUT2D eigenvalue weighted by Gasteiger charge is 2.19. The SMILES string of the molecule is COCCOCCOCCOCCOC(=O)c1cc(OCCOCCOCCOCCOC)c(Br)cc1OCCOCCOCCOCCOC. The van der Waals surface area contributed by atoms with Crippen LogP contribution < -0.4 is 9.47 Å². The van der Waals surface area contributed by atoms with Crippen molar-refractivity contribution in [2.75, 3.05) is 180 Å². The number of carbonyl (C=O) groups excluding carboxylic acids is 1. The van der Waals surface area contributed by atoms with Crippen molar-refractivity contribution in [3.8, 4) is 11.5 Å². The summed E-state index contributed by atoms with van der Waals surface area (Å²) in [6.45, 7) is 9.76. The van der Waals surface area contributed by atoms with E-state index in [1.807, 2.05) is 0 Å². The van der Waals surface area contributed by atoms with E-state index < -0.39 is 5.97 Å². The lowest BCUT2D eigenvalue weighted by molar-refractivity contribution is -0.00569. The van der Waals surface area contributed by atoms with Gasteiger partial charge in [0, 0.05) is 21.3 Å². The van der Waals surface area contributed by atoms with Crippen LogP contribution in [-0.2, 0) is 61.6 Å². The van der Waals surface area contributed by atoms with Crippen LogP contribution in [-0.4, -0.2) is 186 Å². The van der Waals surface area contributed by atoms with E-state index in [9.17, 15) is 4.79 Å². The highest BCUT2D eigenvalue weighted by atomic mass is 79.9. The Bertz CT molecular complexity index is 929. The molecule has 0 spiro atoms. The minimum absolute atomic E-state index is 0.0420. The van der Waals surface area contributed by atoms with Gasteiger partial charge >= 0.3 is 5.97 Å². The van der Waals surface area contributed by atoms with Gasteiger partial charge in [-0.2, -0.15) is 0 Å². The quantitative estimate of drug-likeness (QED) is 0.0706. The molecule has 0 atom stereocenters. The number of methoxy groups -OCH3 is 3. The number of esters is 1. The van der Waals surface area contributed by atoms with E-state index in [2.05, 4.69) is 15.9 Å². The lowest BCUT2D eigenvalue weighted by Gasteiger charge is -2.15. The molecule has 1 aromatic rings. The van der Waals surface area contributed by atoms with Crippen LogP contribution >= 0.6 is 15.9 Å². The van der Waals surface area contributed by atoms with Crippen LogP contribution in [0.3, 0.4) is 0 Å². The standard InChI is InChI=1S/C34H59BrO16/c1-37-4-7-40-10-13-43-16-19-46-22-25-49-32-29-31(35)33(50-26-23-47-20-17-44-14-11-41-8-5-38-2)28-30(32)34(36)51-27-24-48-21-18-45-15-12-42-9-6-39-3/h28-29H,4-27H2,1-3H3. The van der Waals surface area contributed by atoms with Gasteiger partial charge in [-0.3, -0.25) is 0 Å². The maximum Gasteiger partial charge on any atom is 0.342 e. The Balaban J connectivity index is 2.47. The lowest BCUT2D eigenvalue weighted by atomic mass is 10.2. The number of halogens is 1. The second-order valence-corrected chi connectivity index (χ2v) is 11.0. The number of ether oxygens (including phenoxy) is 15. The molecule has 0 N–H and O–H groups in total. The Morgan fingerprint density at radius 2 is 0.706 bits per heavy atom. The Hall–Kier alpha value is -1.71. The molecule has 0 saturated heterocycles. The second-order valence-electron chi connectivity index (χ2n) is 10.1. The van der Waals surface area contributed by atoms with Crippen molar-refractivity contribution < 1.29 is 75.8 Å². The van der Waals surface area contributed by atoms with Crippen molar-refractivity contribution in [1.82, 2.24) is 0 Å². The van der Waals surface area contributed by atoms with E-state index in [-0.39, 0.29) is 38.6 Å². The van der Waals surface area contributed by atoms with Crippen molar-refractivity contribution in [3.05, 3.63) is 22.2 Å². The van der Waals surface area contributed by atoms with Crippen LogP contribution in [0.15, 0.2) is 16.6 Å². The summed E-state index contributed by atoms with van der Waals surface area (Å²) in [4.78, 5) is 13.1. The third-order valence-electron chi connectivity index (χ3n) is 6.21. The van der Waals surface area contributed by atoms with Crippen LogP contribution in [0.4, 0.5) is 0 Å². The van der Waals surface area contributed by atoms with Gasteiger partial charge in [-0.15, -0.1) is 0 Å². The fourth-order valence-corrected chi connectivity index (χ4v) is 4.11. The van der Waals surface area contributed by atoms with Crippen LogP contribution in [0, 0.1) is 0 Å².